The van der Waals surface area contributed by atoms with Crippen molar-refractivity contribution in [1.29, 1.82) is 0 Å². The molecule has 0 unspecified atom stereocenters. The normalized spacial score (nSPS) is 10.0. The molecule has 18 heavy (non-hydrogen) atoms. The largest absolute Gasteiger partial charge is 0.411 e. The maximum atomic E-state index is 10.5. The Labute approximate surface area is 147 Å². The zero-order valence-electron chi connectivity index (χ0n) is 7.92. The quantitative estimate of drug-likeness (QED) is 0.411. The molecule has 0 bridgehead atoms. The fourth-order valence-corrected chi connectivity index (χ4v) is 0. The minimum atomic E-state index is -4.40. The molecule has 0 rings (SSSR count). The Morgan fingerprint density at radius 3 is 0.722 bits per heavy atom. The summed E-state index contributed by atoms with van der Waals surface area (Å²) in [5.74, 6) is 0. The van der Waals surface area contributed by atoms with Gasteiger partial charge in [0, 0.05) is 0 Å². The standard InChI is InChI=1S/C2H3F3O.3CHCl3/c3-2(4,5)1-6;3*2-1(3)4/h6H,1H2;3*1H. The molecule has 0 aliphatic carbocycles. The molecule has 0 aromatic heterocycles. The molecule has 0 fully saturated rings. The first kappa shape index (κ1) is 28.5. The van der Waals surface area contributed by atoms with E-state index in [4.69, 9.17) is 110 Å². The highest BCUT2D eigenvalue weighted by molar-refractivity contribution is 6.63. The highest BCUT2D eigenvalue weighted by atomic mass is 35.6. The molecule has 1 nitrogen and oxygen atoms in total. The van der Waals surface area contributed by atoms with Gasteiger partial charge in [-0.15, -0.1) is 0 Å². The molecule has 0 saturated carbocycles. The van der Waals surface area contributed by atoms with Crippen molar-refractivity contribution >= 4 is 104 Å². The summed E-state index contributed by atoms with van der Waals surface area (Å²) in [7, 11) is 0. The Kier molecular flexibility index (Phi) is 30.7. The van der Waals surface area contributed by atoms with Gasteiger partial charge in [-0.1, -0.05) is 104 Å². The molecule has 0 radical (unpaired) electrons. The molecular formula is C5H6Cl9F3O. The fraction of sp³-hybridized carbons (Fsp3) is 1.00. The van der Waals surface area contributed by atoms with Gasteiger partial charge in [0.25, 0.3) is 0 Å². The smallest absolute Gasteiger partial charge is 0.387 e. The van der Waals surface area contributed by atoms with Crippen LogP contribution in [-0.2, 0) is 0 Å². The topological polar surface area (TPSA) is 20.2 Å². The molecule has 0 aliphatic heterocycles. The fourth-order valence-electron chi connectivity index (χ4n) is 0. The molecule has 116 valence electrons. The van der Waals surface area contributed by atoms with Crippen molar-refractivity contribution in [3.8, 4) is 0 Å². The van der Waals surface area contributed by atoms with E-state index in [2.05, 4.69) is 0 Å². The van der Waals surface area contributed by atoms with Crippen LogP contribution in [0.4, 0.5) is 13.2 Å². The molecule has 0 spiro atoms. The van der Waals surface area contributed by atoms with E-state index in [9.17, 15) is 13.2 Å². The van der Waals surface area contributed by atoms with E-state index >= 15 is 0 Å². The van der Waals surface area contributed by atoms with Gasteiger partial charge in [0.1, 0.15) is 6.61 Å². The lowest BCUT2D eigenvalue weighted by atomic mass is 10.7. The summed E-state index contributed by atoms with van der Waals surface area (Å²) in [6.07, 6.45) is -4.40. The zero-order valence-corrected chi connectivity index (χ0v) is 14.7. The van der Waals surface area contributed by atoms with Crippen LogP contribution in [0.1, 0.15) is 0 Å². The average Bonchev–Trinajstić information content (AvgIpc) is 1.99. The van der Waals surface area contributed by atoms with E-state index in [0.29, 0.717) is 0 Å². The SMILES string of the molecule is ClC(Cl)Cl.ClC(Cl)Cl.ClC(Cl)Cl.OCC(F)(F)F. The van der Waals surface area contributed by atoms with E-state index in [1.54, 1.807) is 0 Å². The molecule has 1 N–H and O–H groups in total. The van der Waals surface area contributed by atoms with Crippen LogP contribution < -0.4 is 0 Å². The molecule has 13 heteroatoms. The number of aliphatic hydroxyl groups is 1. The van der Waals surface area contributed by atoms with Gasteiger partial charge in [0.15, 0.2) is 12.9 Å². The lowest BCUT2D eigenvalue weighted by Gasteiger charge is -1.95. The van der Waals surface area contributed by atoms with E-state index in [0.717, 1.165) is 0 Å². The van der Waals surface area contributed by atoms with Crippen molar-refractivity contribution in [3.63, 3.8) is 0 Å². The van der Waals surface area contributed by atoms with Gasteiger partial charge < -0.3 is 5.11 Å². The second kappa shape index (κ2) is 19.4. The van der Waals surface area contributed by atoms with Gasteiger partial charge in [-0.05, 0) is 0 Å². The first-order chi connectivity index (χ1) is 7.76. The van der Waals surface area contributed by atoms with Crippen molar-refractivity contribution in [1.82, 2.24) is 0 Å². The summed E-state index contributed by atoms with van der Waals surface area (Å²) in [4.78, 5) is 0. The first-order valence-corrected chi connectivity index (χ1v) is 7.13. The maximum Gasteiger partial charge on any atom is 0.411 e. The zero-order chi connectivity index (χ0) is 15.9. The molecule has 0 aromatic carbocycles. The highest BCUT2D eigenvalue weighted by Gasteiger charge is 2.24. The summed E-state index contributed by atoms with van der Waals surface area (Å²) in [5, 5.41) is 7.28. The van der Waals surface area contributed by atoms with Crippen LogP contribution in [0.5, 0.6) is 0 Å². The number of aliphatic hydroxyl groups excluding tert-OH is 1. The van der Waals surface area contributed by atoms with Gasteiger partial charge in [0.05, 0.1) is 0 Å². The summed E-state index contributed by atoms with van der Waals surface area (Å²) >= 11 is 43.3. The highest BCUT2D eigenvalue weighted by Crippen LogP contribution is 2.11. The summed E-state index contributed by atoms with van der Waals surface area (Å²) in [6, 6.07) is 0. The van der Waals surface area contributed by atoms with Gasteiger partial charge in [-0.2, -0.15) is 13.2 Å². The van der Waals surface area contributed by atoms with Crippen LogP contribution in [0.3, 0.4) is 0 Å². The molecule has 0 atom stereocenters. The van der Waals surface area contributed by atoms with E-state index in [1.807, 2.05) is 0 Å². The third kappa shape index (κ3) is 193. The van der Waals surface area contributed by atoms with Crippen LogP contribution in [0.25, 0.3) is 0 Å². The van der Waals surface area contributed by atoms with Gasteiger partial charge in [-0.25, -0.2) is 0 Å². The number of halogens is 12. The molecule has 0 aromatic rings. The maximum absolute atomic E-state index is 10.5. The monoisotopic (exact) mass is 454 g/mol. The molecule has 0 amide bonds. The minimum Gasteiger partial charge on any atom is -0.387 e. The number of alkyl halides is 12. The Morgan fingerprint density at radius 1 is 0.667 bits per heavy atom. The van der Waals surface area contributed by atoms with Crippen LogP contribution >= 0.6 is 104 Å². The van der Waals surface area contributed by atoms with Gasteiger partial charge in [0.2, 0.25) is 0 Å². The van der Waals surface area contributed by atoms with Gasteiger partial charge >= 0.3 is 6.18 Å². The Bertz CT molecular complexity index is 120. The van der Waals surface area contributed by atoms with Crippen molar-refractivity contribution < 1.29 is 18.3 Å². The second-order valence-corrected chi connectivity index (χ2v) is 7.45. The predicted molar refractivity (Wildman–Crippen MR) is 77.2 cm³/mol. The third-order valence-corrected chi connectivity index (χ3v) is 0.179. The summed E-state index contributed by atoms with van der Waals surface area (Å²) in [6.45, 7) is -1.73. The van der Waals surface area contributed by atoms with E-state index in [-0.39, 0.29) is 0 Å². The van der Waals surface area contributed by atoms with E-state index < -0.39 is 25.7 Å². The van der Waals surface area contributed by atoms with Crippen LogP contribution in [0.2, 0.25) is 0 Å². The van der Waals surface area contributed by atoms with Crippen molar-refractivity contribution in [2.45, 2.75) is 19.1 Å². The van der Waals surface area contributed by atoms with Crippen LogP contribution in [-0.4, -0.2) is 30.8 Å². The first-order valence-electron chi connectivity index (χ1n) is 3.20. The Morgan fingerprint density at radius 2 is 0.722 bits per heavy atom. The van der Waals surface area contributed by atoms with Crippen molar-refractivity contribution in [2.24, 2.45) is 0 Å². The lowest BCUT2D eigenvalue weighted by molar-refractivity contribution is -0.159. The predicted octanol–water partition coefficient (Wildman–Crippen LogP) is 6.50. The average molecular weight is 458 g/mol. The Hall–Kier alpha value is 2.36. The second-order valence-electron chi connectivity index (χ2n) is 1.52. The lowest BCUT2D eigenvalue weighted by Crippen LogP contribution is -2.12. The summed E-state index contributed by atoms with van der Waals surface area (Å²) in [5.41, 5.74) is 0. The van der Waals surface area contributed by atoms with Crippen LogP contribution in [0, 0.1) is 0 Å². The van der Waals surface area contributed by atoms with Gasteiger partial charge in [-0.3, -0.25) is 0 Å². The van der Waals surface area contributed by atoms with E-state index in [1.165, 1.54) is 0 Å². The number of hydrogen-bond acceptors (Lipinski definition) is 1. The Balaban J connectivity index is -0.0000000742. The molecule has 0 aliphatic rings. The van der Waals surface area contributed by atoms with Crippen LogP contribution in [0.15, 0.2) is 0 Å². The molecule has 0 heterocycles. The van der Waals surface area contributed by atoms with Crippen molar-refractivity contribution in [2.75, 3.05) is 6.61 Å². The number of hydrogen-bond donors (Lipinski definition) is 1. The number of rotatable bonds is 0. The third-order valence-electron chi connectivity index (χ3n) is 0.179. The minimum absolute atomic E-state index is 0.750. The molecule has 0 saturated heterocycles. The molecular weight excluding hydrogens is 452 g/mol. The summed E-state index contributed by atoms with van der Waals surface area (Å²) < 4.78 is 29.4. The van der Waals surface area contributed by atoms with Crippen molar-refractivity contribution in [3.05, 3.63) is 0 Å².